The van der Waals surface area contributed by atoms with Crippen LogP contribution in [0.25, 0.3) is 11.0 Å². The molecule has 1 aliphatic rings. The first kappa shape index (κ1) is 12.4. The monoisotopic (exact) mass is 260 g/mol. The third kappa shape index (κ3) is 1.50. The number of halogens is 1. The topological polar surface area (TPSA) is 30.2 Å². The standard InChI is InChI=1S/C16H17FO2/c1-15(2)14(16(15,3)4)12(18)11-8-9-6-5-7-10(17)13(9)19-11/h5-8,14H,1-4H3. The fourth-order valence-electron chi connectivity index (χ4n) is 3.14. The predicted molar refractivity (Wildman–Crippen MR) is 71.6 cm³/mol. The van der Waals surface area contributed by atoms with Gasteiger partial charge in [-0.25, -0.2) is 4.39 Å². The Morgan fingerprint density at radius 1 is 1.21 bits per heavy atom. The molecule has 0 amide bonds. The van der Waals surface area contributed by atoms with Crippen LogP contribution in [0.5, 0.6) is 0 Å². The molecule has 0 radical (unpaired) electrons. The van der Waals surface area contributed by atoms with Gasteiger partial charge in [-0.15, -0.1) is 0 Å². The van der Waals surface area contributed by atoms with E-state index in [1.807, 2.05) is 0 Å². The van der Waals surface area contributed by atoms with Gasteiger partial charge in [-0.2, -0.15) is 0 Å². The minimum Gasteiger partial charge on any atom is -0.450 e. The van der Waals surface area contributed by atoms with Gasteiger partial charge in [-0.1, -0.05) is 39.8 Å². The lowest BCUT2D eigenvalue weighted by Crippen LogP contribution is -2.06. The molecular formula is C16H17FO2. The van der Waals surface area contributed by atoms with E-state index < -0.39 is 5.82 Å². The number of hydrogen-bond donors (Lipinski definition) is 0. The fraction of sp³-hybridized carbons (Fsp3) is 0.438. The van der Waals surface area contributed by atoms with E-state index >= 15 is 0 Å². The van der Waals surface area contributed by atoms with Gasteiger partial charge >= 0.3 is 0 Å². The van der Waals surface area contributed by atoms with Crippen LogP contribution in [-0.4, -0.2) is 5.78 Å². The molecule has 0 spiro atoms. The second-order valence-electron chi connectivity index (χ2n) is 6.51. The van der Waals surface area contributed by atoms with Gasteiger partial charge in [-0.05, 0) is 23.0 Å². The Balaban J connectivity index is 2.03. The van der Waals surface area contributed by atoms with Crippen molar-refractivity contribution in [3.05, 3.63) is 35.8 Å². The van der Waals surface area contributed by atoms with Crippen molar-refractivity contribution in [2.24, 2.45) is 16.7 Å². The number of carbonyl (C=O) groups is 1. The van der Waals surface area contributed by atoms with E-state index in [9.17, 15) is 9.18 Å². The Labute approximate surface area is 111 Å². The van der Waals surface area contributed by atoms with Gasteiger partial charge in [0, 0.05) is 11.3 Å². The van der Waals surface area contributed by atoms with Crippen LogP contribution in [0.3, 0.4) is 0 Å². The van der Waals surface area contributed by atoms with Gasteiger partial charge in [0.2, 0.25) is 5.78 Å². The number of fused-ring (bicyclic) bond motifs is 1. The lowest BCUT2D eigenvalue weighted by molar-refractivity contribution is 0.0919. The molecule has 1 heterocycles. The molecule has 1 saturated carbocycles. The van der Waals surface area contributed by atoms with Gasteiger partial charge in [-0.3, -0.25) is 4.79 Å². The molecule has 0 bridgehead atoms. The predicted octanol–water partition coefficient (Wildman–Crippen LogP) is 4.44. The zero-order valence-electron chi connectivity index (χ0n) is 11.6. The molecule has 1 aliphatic carbocycles. The van der Waals surface area contributed by atoms with E-state index in [0.717, 1.165) is 0 Å². The Hall–Kier alpha value is -1.64. The van der Waals surface area contributed by atoms with E-state index in [4.69, 9.17) is 4.42 Å². The van der Waals surface area contributed by atoms with Crippen LogP contribution < -0.4 is 0 Å². The molecule has 3 heteroatoms. The molecule has 1 aromatic heterocycles. The molecule has 0 aliphatic heterocycles. The summed E-state index contributed by atoms with van der Waals surface area (Å²) in [5.41, 5.74) is 0.0885. The molecule has 19 heavy (non-hydrogen) atoms. The molecule has 2 nitrogen and oxygen atoms in total. The molecule has 100 valence electrons. The summed E-state index contributed by atoms with van der Waals surface area (Å²) in [6.07, 6.45) is 0. The summed E-state index contributed by atoms with van der Waals surface area (Å²) in [6.45, 7) is 8.33. The van der Waals surface area contributed by atoms with Crippen LogP contribution in [0.4, 0.5) is 4.39 Å². The molecule has 0 atom stereocenters. The normalized spacial score (nSPS) is 20.7. The number of rotatable bonds is 2. The average molecular weight is 260 g/mol. The van der Waals surface area contributed by atoms with Crippen molar-refractivity contribution in [1.29, 1.82) is 0 Å². The van der Waals surface area contributed by atoms with Gasteiger partial charge in [0.05, 0.1) is 0 Å². The quantitative estimate of drug-likeness (QED) is 0.747. The Bertz CT molecular complexity index is 665. The van der Waals surface area contributed by atoms with Crippen LogP contribution >= 0.6 is 0 Å². The van der Waals surface area contributed by atoms with Crippen molar-refractivity contribution in [3.63, 3.8) is 0 Å². The van der Waals surface area contributed by atoms with E-state index in [0.29, 0.717) is 5.39 Å². The third-order valence-electron chi connectivity index (χ3n) is 5.02. The summed E-state index contributed by atoms with van der Waals surface area (Å²) in [4.78, 5) is 12.5. The second kappa shape index (κ2) is 3.47. The number of carbonyl (C=O) groups excluding carboxylic acids is 1. The Morgan fingerprint density at radius 2 is 1.84 bits per heavy atom. The third-order valence-corrected chi connectivity index (χ3v) is 5.02. The SMILES string of the molecule is CC1(C)C(C(=O)c2cc3cccc(F)c3o2)C1(C)C. The maximum atomic E-state index is 13.6. The molecule has 0 unspecified atom stereocenters. The maximum absolute atomic E-state index is 13.6. The molecule has 3 rings (SSSR count). The largest absolute Gasteiger partial charge is 0.450 e. The summed E-state index contributed by atoms with van der Waals surface area (Å²) >= 11 is 0. The molecule has 0 saturated heterocycles. The maximum Gasteiger partial charge on any atom is 0.202 e. The molecular weight excluding hydrogens is 243 g/mol. The first-order chi connectivity index (χ1) is 8.76. The lowest BCUT2D eigenvalue weighted by atomic mass is 10.0. The highest BCUT2D eigenvalue weighted by molar-refractivity contribution is 6.01. The van der Waals surface area contributed by atoms with Crippen LogP contribution in [0, 0.1) is 22.6 Å². The fourth-order valence-corrected chi connectivity index (χ4v) is 3.14. The minimum atomic E-state index is -0.425. The van der Waals surface area contributed by atoms with E-state index in [1.54, 1.807) is 18.2 Å². The zero-order valence-corrected chi connectivity index (χ0v) is 11.6. The highest BCUT2D eigenvalue weighted by atomic mass is 19.1. The van der Waals surface area contributed by atoms with E-state index in [1.165, 1.54) is 6.07 Å². The lowest BCUT2D eigenvalue weighted by Gasteiger charge is -2.03. The summed E-state index contributed by atoms with van der Waals surface area (Å²) < 4.78 is 19.0. The average Bonchev–Trinajstić information content (AvgIpc) is 2.67. The Kier molecular flexibility index (Phi) is 2.26. The molecule has 1 aromatic carbocycles. The van der Waals surface area contributed by atoms with Crippen molar-refractivity contribution >= 4 is 16.8 Å². The number of benzene rings is 1. The highest BCUT2D eigenvalue weighted by Gasteiger charge is 2.68. The van der Waals surface area contributed by atoms with Gasteiger partial charge in [0.25, 0.3) is 0 Å². The number of para-hydroxylation sites is 1. The summed E-state index contributed by atoms with van der Waals surface area (Å²) in [5.74, 6) is -0.246. The first-order valence-electron chi connectivity index (χ1n) is 6.49. The smallest absolute Gasteiger partial charge is 0.202 e. The van der Waals surface area contributed by atoms with Gasteiger partial charge in [0.15, 0.2) is 17.2 Å². The zero-order chi connectivity index (χ0) is 14.0. The summed E-state index contributed by atoms with van der Waals surface area (Å²) in [5, 5.41) is 0.639. The van der Waals surface area contributed by atoms with Crippen LogP contribution in [0.1, 0.15) is 38.2 Å². The number of furan rings is 1. The van der Waals surface area contributed by atoms with Crippen molar-refractivity contribution < 1.29 is 13.6 Å². The Morgan fingerprint density at radius 3 is 2.37 bits per heavy atom. The number of Topliss-reactive ketones (excluding diaryl/α,β-unsaturated/α-hetero) is 1. The highest BCUT2D eigenvalue weighted by Crippen LogP contribution is 2.69. The second-order valence-corrected chi connectivity index (χ2v) is 6.51. The first-order valence-corrected chi connectivity index (χ1v) is 6.49. The van der Waals surface area contributed by atoms with E-state index in [2.05, 4.69) is 27.7 Å². The molecule has 0 N–H and O–H groups in total. The molecule has 1 fully saturated rings. The van der Waals surface area contributed by atoms with Crippen LogP contribution in [-0.2, 0) is 0 Å². The van der Waals surface area contributed by atoms with Crippen LogP contribution in [0.2, 0.25) is 0 Å². The minimum absolute atomic E-state index is 0.0226. The molecule has 2 aromatic rings. The van der Waals surface area contributed by atoms with Gasteiger partial charge in [0.1, 0.15) is 0 Å². The van der Waals surface area contributed by atoms with Crippen molar-refractivity contribution in [2.75, 3.05) is 0 Å². The number of hydrogen-bond acceptors (Lipinski definition) is 2. The van der Waals surface area contributed by atoms with Crippen LogP contribution in [0.15, 0.2) is 28.7 Å². The van der Waals surface area contributed by atoms with Crippen molar-refractivity contribution in [1.82, 2.24) is 0 Å². The van der Waals surface area contributed by atoms with Crippen molar-refractivity contribution in [3.8, 4) is 0 Å². The van der Waals surface area contributed by atoms with Gasteiger partial charge < -0.3 is 4.42 Å². The van der Waals surface area contributed by atoms with Crippen molar-refractivity contribution in [2.45, 2.75) is 27.7 Å². The summed E-state index contributed by atoms with van der Waals surface area (Å²) in [6, 6.07) is 6.35. The summed E-state index contributed by atoms with van der Waals surface area (Å²) in [7, 11) is 0. The van der Waals surface area contributed by atoms with E-state index in [-0.39, 0.29) is 33.9 Å². The number of ketones is 1.